The molecule has 0 bridgehead atoms. The molecular formula is C25H31F3N2O6. The third-order valence-corrected chi connectivity index (χ3v) is 6.80. The minimum Gasteiger partial charge on any atom is -0.481 e. The van der Waals surface area contributed by atoms with Crippen LogP contribution in [0, 0.1) is 36.2 Å². The normalized spacial score (nSPS) is 19.4. The van der Waals surface area contributed by atoms with Crippen molar-refractivity contribution in [2.24, 2.45) is 11.8 Å². The van der Waals surface area contributed by atoms with E-state index in [2.05, 4.69) is 5.32 Å². The van der Waals surface area contributed by atoms with Crippen LogP contribution >= 0.6 is 0 Å². The van der Waals surface area contributed by atoms with Crippen molar-refractivity contribution >= 4 is 23.6 Å². The molecule has 3 rings (SSSR count). The van der Waals surface area contributed by atoms with Gasteiger partial charge in [-0.05, 0) is 44.2 Å². The van der Waals surface area contributed by atoms with Gasteiger partial charge in [0.15, 0.2) is 23.2 Å². The lowest BCUT2D eigenvalue weighted by Crippen LogP contribution is -2.49. The first kappa shape index (κ1) is 27.5. The summed E-state index contributed by atoms with van der Waals surface area (Å²) >= 11 is 0. The van der Waals surface area contributed by atoms with Gasteiger partial charge in [-0.1, -0.05) is 19.3 Å². The van der Waals surface area contributed by atoms with Crippen LogP contribution in [0.25, 0.3) is 0 Å². The van der Waals surface area contributed by atoms with Gasteiger partial charge in [-0.2, -0.15) is 4.39 Å². The topological polar surface area (TPSA) is 113 Å². The summed E-state index contributed by atoms with van der Waals surface area (Å²) in [5, 5.41) is 11.6. The average Bonchev–Trinajstić information content (AvgIpc) is 3.25. The van der Waals surface area contributed by atoms with Gasteiger partial charge in [0.05, 0.1) is 12.3 Å². The lowest BCUT2D eigenvalue weighted by Gasteiger charge is -2.27. The highest BCUT2D eigenvalue weighted by Crippen LogP contribution is 2.29. The zero-order chi connectivity index (χ0) is 26.4. The Morgan fingerprint density at radius 3 is 2.36 bits per heavy atom. The Hall–Kier alpha value is -3.11. The Balaban J connectivity index is 1.66. The van der Waals surface area contributed by atoms with E-state index in [9.17, 15) is 37.5 Å². The molecule has 2 amide bonds. The lowest BCUT2D eigenvalue weighted by atomic mass is 10.00. The molecule has 36 heavy (non-hydrogen) atoms. The molecule has 1 heterocycles. The molecule has 198 valence electrons. The summed E-state index contributed by atoms with van der Waals surface area (Å²) < 4.78 is 46.6. The number of amides is 2. The number of carboxylic acids is 1. The van der Waals surface area contributed by atoms with Gasteiger partial charge in [-0.25, -0.2) is 8.78 Å². The summed E-state index contributed by atoms with van der Waals surface area (Å²) in [6.45, 7) is 0.915. The molecule has 1 aliphatic heterocycles. The molecule has 0 radical (unpaired) electrons. The van der Waals surface area contributed by atoms with Crippen molar-refractivity contribution in [1.82, 2.24) is 10.2 Å². The van der Waals surface area contributed by atoms with Crippen molar-refractivity contribution in [3.63, 3.8) is 0 Å². The van der Waals surface area contributed by atoms with Crippen molar-refractivity contribution in [2.45, 2.75) is 64.3 Å². The van der Waals surface area contributed by atoms with Gasteiger partial charge in [0, 0.05) is 19.0 Å². The van der Waals surface area contributed by atoms with E-state index in [1.807, 2.05) is 0 Å². The van der Waals surface area contributed by atoms with Gasteiger partial charge in [-0.3, -0.25) is 19.2 Å². The van der Waals surface area contributed by atoms with Crippen LogP contribution < -0.4 is 10.1 Å². The van der Waals surface area contributed by atoms with E-state index in [1.165, 1.54) is 6.92 Å². The van der Waals surface area contributed by atoms with E-state index < -0.39 is 65.8 Å². The number of aliphatic carboxylic acids is 1. The molecule has 2 N–H and O–H groups in total. The fourth-order valence-corrected chi connectivity index (χ4v) is 4.77. The molecule has 11 heteroatoms. The molecule has 1 saturated carbocycles. The predicted molar refractivity (Wildman–Crippen MR) is 122 cm³/mol. The van der Waals surface area contributed by atoms with E-state index in [0.717, 1.165) is 32.1 Å². The maximum Gasteiger partial charge on any atom is 0.305 e. The van der Waals surface area contributed by atoms with Gasteiger partial charge in [0.1, 0.15) is 12.6 Å². The number of Topliss-reactive ketones (excluding diaryl/α,β-unsaturated/α-hetero) is 1. The minimum atomic E-state index is -1.62. The number of ketones is 1. The summed E-state index contributed by atoms with van der Waals surface area (Å²) in [6.07, 6.45) is 4.75. The molecule has 1 aliphatic carbocycles. The van der Waals surface area contributed by atoms with E-state index >= 15 is 0 Å². The maximum atomic E-state index is 14.2. The number of halogens is 3. The summed E-state index contributed by atoms with van der Waals surface area (Å²) in [5.41, 5.74) is -0.239. The number of benzene rings is 1. The summed E-state index contributed by atoms with van der Waals surface area (Å²) in [5.74, 6) is -8.83. The Labute approximate surface area is 207 Å². The number of hydrogen-bond donors (Lipinski definition) is 2. The second kappa shape index (κ2) is 12.2. The van der Waals surface area contributed by atoms with Crippen molar-refractivity contribution in [3.05, 3.63) is 29.1 Å². The Bertz CT molecular complexity index is 986. The van der Waals surface area contributed by atoms with Crippen LogP contribution in [0.5, 0.6) is 5.75 Å². The number of hydrogen-bond acceptors (Lipinski definition) is 5. The van der Waals surface area contributed by atoms with Gasteiger partial charge in [-0.15, -0.1) is 0 Å². The van der Waals surface area contributed by atoms with Crippen LogP contribution in [0.4, 0.5) is 13.2 Å². The van der Waals surface area contributed by atoms with E-state index in [0.29, 0.717) is 25.5 Å². The quantitative estimate of drug-likeness (QED) is 0.492. The minimum absolute atomic E-state index is 0.0215. The van der Waals surface area contributed by atoms with Crippen molar-refractivity contribution < 1.29 is 42.2 Å². The predicted octanol–water partition coefficient (Wildman–Crippen LogP) is 3.14. The number of likely N-dealkylation sites (tertiary alicyclic amines) is 1. The van der Waals surface area contributed by atoms with Crippen molar-refractivity contribution in [3.8, 4) is 5.75 Å². The van der Waals surface area contributed by atoms with Crippen LogP contribution in [0.15, 0.2) is 6.07 Å². The molecule has 1 aromatic carbocycles. The number of ether oxygens (including phenoxy) is 1. The molecule has 1 aromatic rings. The first-order valence-corrected chi connectivity index (χ1v) is 12.2. The highest BCUT2D eigenvalue weighted by Gasteiger charge is 2.34. The van der Waals surface area contributed by atoms with Crippen molar-refractivity contribution in [2.75, 3.05) is 19.7 Å². The van der Waals surface area contributed by atoms with Crippen LogP contribution in [-0.4, -0.2) is 59.3 Å². The second-order valence-electron chi connectivity index (χ2n) is 9.50. The van der Waals surface area contributed by atoms with Gasteiger partial charge in [0.2, 0.25) is 17.6 Å². The molecule has 2 atom stereocenters. The van der Waals surface area contributed by atoms with Gasteiger partial charge >= 0.3 is 5.97 Å². The molecule has 1 unspecified atom stereocenters. The summed E-state index contributed by atoms with van der Waals surface area (Å²) in [6, 6.07) is -0.890. The maximum absolute atomic E-state index is 14.2. The van der Waals surface area contributed by atoms with Gasteiger partial charge in [0.25, 0.3) is 0 Å². The van der Waals surface area contributed by atoms with Crippen LogP contribution in [0.2, 0.25) is 0 Å². The number of carbonyl (C=O) groups excluding carboxylic acids is 3. The number of nitrogens with zero attached hydrogens (tertiary/aromatic N) is 1. The Kier molecular flexibility index (Phi) is 9.33. The fourth-order valence-electron chi connectivity index (χ4n) is 4.77. The fraction of sp³-hybridized carbons (Fsp3) is 0.600. The molecule has 1 saturated heterocycles. The summed E-state index contributed by atoms with van der Waals surface area (Å²) in [7, 11) is 0. The number of nitrogens with one attached hydrogen (secondary N) is 1. The highest BCUT2D eigenvalue weighted by atomic mass is 19.2. The largest absolute Gasteiger partial charge is 0.481 e. The lowest BCUT2D eigenvalue weighted by molar-refractivity contribution is -0.141. The Morgan fingerprint density at radius 2 is 1.69 bits per heavy atom. The van der Waals surface area contributed by atoms with Crippen LogP contribution in [0.3, 0.4) is 0 Å². The highest BCUT2D eigenvalue weighted by molar-refractivity contribution is 5.93. The van der Waals surface area contributed by atoms with E-state index in [4.69, 9.17) is 4.74 Å². The SMILES string of the molecule is Cc1cc(F)c(F)c(OCC(=O)[C@H](CC(=O)O)NC(=O)C2CCCCN(C(=O)C3CCCC3)C2)c1F. The number of rotatable bonds is 9. The smallest absolute Gasteiger partial charge is 0.305 e. The molecule has 2 aliphatic rings. The Morgan fingerprint density at radius 1 is 1.06 bits per heavy atom. The summed E-state index contributed by atoms with van der Waals surface area (Å²) in [4.78, 5) is 51.6. The second-order valence-corrected chi connectivity index (χ2v) is 9.50. The first-order chi connectivity index (χ1) is 17.1. The molecule has 8 nitrogen and oxygen atoms in total. The van der Waals surface area contributed by atoms with Crippen molar-refractivity contribution in [1.29, 1.82) is 0 Å². The number of aryl methyl sites for hydroxylation is 1. The monoisotopic (exact) mass is 512 g/mol. The average molecular weight is 513 g/mol. The third kappa shape index (κ3) is 6.76. The van der Waals surface area contributed by atoms with E-state index in [-0.39, 0.29) is 23.9 Å². The molecular weight excluding hydrogens is 481 g/mol. The zero-order valence-corrected chi connectivity index (χ0v) is 20.2. The molecule has 0 aromatic heterocycles. The standard InChI is InChI=1S/C25H31F3N2O6/c1-14-10-17(26)22(28)23(21(14)27)36-13-19(31)18(11-20(32)33)29-24(34)16-8-4-5-9-30(12-16)25(35)15-6-2-3-7-15/h10,15-16,18H,2-9,11-13H2,1H3,(H,29,34)(H,32,33)/t16?,18-/m0/s1. The third-order valence-electron chi connectivity index (χ3n) is 6.80. The number of carbonyl (C=O) groups is 4. The van der Waals surface area contributed by atoms with Crippen LogP contribution in [-0.2, 0) is 19.2 Å². The van der Waals surface area contributed by atoms with E-state index in [1.54, 1.807) is 4.90 Å². The molecule has 2 fully saturated rings. The first-order valence-electron chi connectivity index (χ1n) is 12.2. The van der Waals surface area contributed by atoms with Gasteiger partial charge < -0.3 is 20.1 Å². The van der Waals surface area contributed by atoms with Crippen LogP contribution in [0.1, 0.15) is 56.9 Å². The molecule has 0 spiro atoms. The zero-order valence-electron chi connectivity index (χ0n) is 20.2. The number of carboxylic acid groups (broad SMARTS) is 1.